The van der Waals surface area contributed by atoms with Crippen LogP contribution in [0.4, 0.5) is 14.4 Å². The van der Waals surface area contributed by atoms with Crippen molar-refractivity contribution in [3.63, 3.8) is 0 Å². The highest BCUT2D eigenvalue weighted by atomic mass is 16.6. The lowest BCUT2D eigenvalue weighted by Gasteiger charge is -2.28. The third-order valence-electron chi connectivity index (χ3n) is 5.96. The molecule has 0 saturated carbocycles. The van der Waals surface area contributed by atoms with Gasteiger partial charge in [0.2, 0.25) is 17.8 Å². The van der Waals surface area contributed by atoms with Crippen molar-refractivity contribution < 1.29 is 42.9 Å². The summed E-state index contributed by atoms with van der Waals surface area (Å²) >= 11 is 0. The van der Waals surface area contributed by atoms with Crippen LogP contribution in [0.3, 0.4) is 0 Å². The van der Waals surface area contributed by atoms with E-state index in [2.05, 4.69) is 31.6 Å². The van der Waals surface area contributed by atoms with Gasteiger partial charge in [-0.1, -0.05) is 0 Å². The molecule has 5 amide bonds. The topological polar surface area (TPSA) is 195 Å². The first kappa shape index (κ1) is 39.4. The Morgan fingerprint density at radius 1 is 0.733 bits per heavy atom. The molecule has 15 nitrogen and oxygen atoms in total. The molecule has 0 aliphatic carbocycles. The second kappa shape index (κ2) is 17.8. The summed E-state index contributed by atoms with van der Waals surface area (Å²) in [4.78, 5) is 67.7. The molecular weight excluding hydrogens is 588 g/mol. The Balaban J connectivity index is 3.07. The van der Waals surface area contributed by atoms with Gasteiger partial charge in [-0.15, -0.1) is 0 Å². The third-order valence-corrected chi connectivity index (χ3v) is 5.96. The zero-order valence-corrected chi connectivity index (χ0v) is 28.5. The van der Waals surface area contributed by atoms with E-state index in [-0.39, 0.29) is 37.2 Å². The molecule has 1 aliphatic rings. The molecule has 0 aromatic heterocycles. The summed E-state index contributed by atoms with van der Waals surface area (Å²) in [5.41, 5.74) is -2.41. The smallest absolute Gasteiger partial charge is 0.414 e. The maximum Gasteiger partial charge on any atom is 0.414 e. The van der Waals surface area contributed by atoms with Crippen molar-refractivity contribution in [3.8, 4) is 0 Å². The van der Waals surface area contributed by atoms with Gasteiger partial charge in [-0.2, -0.15) is 0 Å². The molecule has 2 atom stereocenters. The number of aliphatic imine (C=N–C) groups is 1. The lowest BCUT2D eigenvalue weighted by molar-refractivity contribution is -0.130. The number of rotatable bonds is 10. The van der Waals surface area contributed by atoms with Crippen LogP contribution in [0, 0.1) is 5.92 Å². The first-order chi connectivity index (χ1) is 20.7. The van der Waals surface area contributed by atoms with Gasteiger partial charge >= 0.3 is 18.3 Å². The van der Waals surface area contributed by atoms with Crippen molar-refractivity contribution >= 4 is 36.1 Å². The molecule has 0 unspecified atom stereocenters. The summed E-state index contributed by atoms with van der Waals surface area (Å²) in [6, 6.07) is -1.88. The Morgan fingerprint density at radius 3 is 1.69 bits per heavy atom. The second-order valence-corrected chi connectivity index (χ2v) is 13.8. The van der Waals surface area contributed by atoms with E-state index in [1.165, 1.54) is 7.05 Å². The van der Waals surface area contributed by atoms with Gasteiger partial charge in [-0.25, -0.2) is 14.4 Å². The van der Waals surface area contributed by atoms with Crippen molar-refractivity contribution in [2.45, 2.75) is 123 Å². The van der Waals surface area contributed by atoms with Gasteiger partial charge < -0.3 is 34.9 Å². The molecule has 15 heteroatoms. The monoisotopic (exact) mass is 642 g/mol. The number of nitrogens with one attached hydrogen (secondary N) is 5. The van der Waals surface area contributed by atoms with Crippen molar-refractivity contribution in [3.05, 3.63) is 0 Å². The summed E-state index contributed by atoms with van der Waals surface area (Å²) in [6.45, 7) is 16.4. The van der Waals surface area contributed by atoms with Crippen LogP contribution < -0.4 is 26.6 Å². The quantitative estimate of drug-likeness (QED) is 0.103. The van der Waals surface area contributed by atoms with Crippen LogP contribution in [0.2, 0.25) is 0 Å². The fourth-order valence-electron chi connectivity index (χ4n) is 4.11. The van der Waals surface area contributed by atoms with Gasteiger partial charge in [0.05, 0.1) is 0 Å². The van der Waals surface area contributed by atoms with E-state index in [1.54, 1.807) is 62.3 Å². The van der Waals surface area contributed by atoms with Crippen LogP contribution in [0.25, 0.3) is 0 Å². The summed E-state index contributed by atoms with van der Waals surface area (Å²) in [7, 11) is 1.49. The van der Waals surface area contributed by atoms with Crippen LogP contribution in [-0.2, 0) is 28.5 Å². The molecule has 258 valence electrons. The number of guanidine groups is 1. The lowest BCUT2D eigenvalue weighted by Crippen LogP contribution is -2.54. The van der Waals surface area contributed by atoms with Gasteiger partial charge in [-0.3, -0.25) is 25.2 Å². The maximum atomic E-state index is 13.4. The number of hydrogen-bond donors (Lipinski definition) is 5. The summed E-state index contributed by atoms with van der Waals surface area (Å²) in [5, 5.41) is 12.8. The first-order valence-corrected chi connectivity index (χ1v) is 15.3. The van der Waals surface area contributed by atoms with Crippen molar-refractivity contribution in [2.24, 2.45) is 10.9 Å². The summed E-state index contributed by atoms with van der Waals surface area (Å²) in [6.07, 6.45) is -0.181. The van der Waals surface area contributed by atoms with Gasteiger partial charge in [0.1, 0.15) is 28.9 Å². The minimum atomic E-state index is -1.07. The fraction of sp³-hybridized carbons (Fsp3) is 0.800. The highest BCUT2D eigenvalue weighted by Crippen LogP contribution is 2.20. The number of likely N-dealkylation sites (N-methyl/N-ethyl adjacent to an activating group) is 1. The van der Waals surface area contributed by atoms with E-state index in [9.17, 15) is 24.0 Å². The predicted octanol–water partition coefficient (Wildman–Crippen LogP) is 3.11. The summed E-state index contributed by atoms with van der Waals surface area (Å²) in [5.74, 6) is -0.928. The maximum absolute atomic E-state index is 13.4. The van der Waals surface area contributed by atoms with E-state index in [0.717, 1.165) is 12.8 Å². The zero-order chi connectivity index (χ0) is 34.4. The molecule has 1 fully saturated rings. The average molecular weight is 643 g/mol. The van der Waals surface area contributed by atoms with Crippen molar-refractivity contribution in [1.29, 1.82) is 0 Å². The van der Waals surface area contributed by atoms with Crippen molar-refractivity contribution in [2.75, 3.05) is 26.8 Å². The highest BCUT2D eigenvalue weighted by molar-refractivity contribution is 6.01. The first-order valence-electron chi connectivity index (χ1n) is 15.3. The van der Waals surface area contributed by atoms with Crippen LogP contribution in [0.1, 0.15) is 94.4 Å². The van der Waals surface area contributed by atoms with E-state index in [1.807, 2.05) is 0 Å². The SMILES string of the molecule is CNC(=O)[C@H](CC1CCOCC1)NC(=O)[C@H](CCCN=C(NC(=O)OC(C)(C)C)NC(=O)OC(C)(C)C)NC(=O)OC(C)(C)C. The number of carbonyl (C=O) groups excluding carboxylic acids is 5. The molecule has 1 aliphatic heterocycles. The Labute approximate surface area is 266 Å². The minimum Gasteiger partial charge on any atom is -0.444 e. The predicted molar refractivity (Wildman–Crippen MR) is 168 cm³/mol. The molecule has 1 rings (SSSR count). The van der Waals surface area contributed by atoms with Crippen LogP contribution in [0.15, 0.2) is 4.99 Å². The second-order valence-electron chi connectivity index (χ2n) is 13.8. The molecule has 1 saturated heterocycles. The summed E-state index contributed by atoms with van der Waals surface area (Å²) < 4.78 is 21.3. The van der Waals surface area contributed by atoms with Gasteiger partial charge in [0.15, 0.2) is 0 Å². The van der Waals surface area contributed by atoms with Gasteiger partial charge in [0.25, 0.3) is 0 Å². The number of hydrogen-bond acceptors (Lipinski definition) is 10. The third kappa shape index (κ3) is 18.7. The highest BCUT2D eigenvalue weighted by Gasteiger charge is 2.30. The molecule has 5 N–H and O–H groups in total. The standard InChI is InChI=1S/C30H54N6O9/c1-28(2,3)43-25(39)34-20(23(38)33-21(22(37)31-10)18-19-13-16-42-17-14-19)12-11-15-32-24(35-26(40)44-29(4,5)6)36-27(41)45-30(7,8)9/h19-21H,11-18H2,1-10H3,(H,31,37)(H,33,38)(H,34,39)(H2,32,35,36,40,41)/t20-,21-/m0/s1. The van der Waals surface area contributed by atoms with E-state index in [4.69, 9.17) is 18.9 Å². The number of nitrogens with zero attached hydrogens (tertiary/aromatic N) is 1. The molecule has 0 spiro atoms. The Morgan fingerprint density at radius 2 is 1.22 bits per heavy atom. The van der Waals surface area contributed by atoms with Crippen LogP contribution >= 0.6 is 0 Å². The molecular formula is C30H54N6O9. The minimum absolute atomic E-state index is 0.0294. The Bertz CT molecular complexity index is 1010. The van der Waals surface area contributed by atoms with Gasteiger partial charge in [0, 0.05) is 26.8 Å². The number of ether oxygens (including phenoxy) is 4. The number of carbonyl (C=O) groups is 5. The molecule has 0 aromatic carbocycles. The normalized spacial score (nSPS) is 15.4. The Hall–Kier alpha value is -3.62. The largest absolute Gasteiger partial charge is 0.444 e. The molecule has 1 heterocycles. The van der Waals surface area contributed by atoms with E-state index >= 15 is 0 Å². The number of amides is 5. The number of alkyl carbamates (subject to hydrolysis) is 3. The van der Waals surface area contributed by atoms with Crippen LogP contribution in [0.5, 0.6) is 0 Å². The fourth-order valence-corrected chi connectivity index (χ4v) is 4.11. The molecule has 0 aromatic rings. The lowest BCUT2D eigenvalue weighted by atomic mass is 9.92. The average Bonchev–Trinajstić information content (AvgIpc) is 2.86. The molecule has 0 bridgehead atoms. The van der Waals surface area contributed by atoms with Gasteiger partial charge in [-0.05, 0) is 100 Å². The van der Waals surface area contributed by atoms with Crippen LogP contribution in [-0.4, -0.2) is 91.7 Å². The van der Waals surface area contributed by atoms with Crippen molar-refractivity contribution in [1.82, 2.24) is 26.6 Å². The molecule has 45 heavy (non-hydrogen) atoms. The molecule has 0 radical (unpaired) electrons. The Kier molecular flexibility index (Phi) is 15.6. The van der Waals surface area contributed by atoms with E-state index in [0.29, 0.717) is 19.6 Å². The zero-order valence-electron chi connectivity index (χ0n) is 28.5. The van der Waals surface area contributed by atoms with E-state index < -0.39 is 53.1 Å².